The molecular formula is C9H11N2S2. The van der Waals surface area contributed by atoms with Crippen LogP contribution in [0.3, 0.4) is 0 Å². The summed E-state index contributed by atoms with van der Waals surface area (Å²) >= 11 is 6.69. The van der Waals surface area contributed by atoms with Crippen LogP contribution in [0.15, 0.2) is 17.6 Å². The van der Waals surface area contributed by atoms with Gasteiger partial charge in [-0.15, -0.1) is 0 Å². The number of hydrogen-bond donors (Lipinski definition) is 0. The maximum Gasteiger partial charge on any atom is 0.0782 e. The number of rotatable bonds is 2. The molecule has 1 aromatic rings. The molecular weight excluding hydrogens is 200 g/mol. The van der Waals surface area contributed by atoms with Crippen LogP contribution in [0.2, 0.25) is 0 Å². The highest BCUT2D eigenvalue weighted by Crippen LogP contribution is 2.15. The Labute approximate surface area is 87.8 Å². The molecule has 1 aliphatic rings. The lowest BCUT2D eigenvalue weighted by Gasteiger charge is -2.09. The molecule has 13 heavy (non-hydrogen) atoms. The normalized spacial score (nSPS) is 23.2. The van der Waals surface area contributed by atoms with Crippen molar-refractivity contribution < 1.29 is 0 Å². The second kappa shape index (κ2) is 4.15. The van der Waals surface area contributed by atoms with E-state index in [-0.39, 0.29) is 0 Å². The van der Waals surface area contributed by atoms with Crippen molar-refractivity contribution in [3.8, 4) is 0 Å². The maximum absolute atomic E-state index is 5.20. The highest BCUT2D eigenvalue weighted by molar-refractivity contribution is 7.81. The van der Waals surface area contributed by atoms with Gasteiger partial charge in [-0.25, -0.2) is 0 Å². The Balaban J connectivity index is 1.91. The van der Waals surface area contributed by atoms with E-state index in [1.807, 2.05) is 17.5 Å². The first kappa shape index (κ1) is 9.09. The maximum atomic E-state index is 5.20. The molecule has 1 aliphatic heterocycles. The zero-order valence-corrected chi connectivity index (χ0v) is 8.85. The van der Waals surface area contributed by atoms with Gasteiger partial charge in [0.1, 0.15) is 0 Å². The van der Waals surface area contributed by atoms with Gasteiger partial charge in [0.15, 0.2) is 0 Å². The second-order valence-corrected chi connectivity index (χ2v) is 4.48. The first-order valence-electron chi connectivity index (χ1n) is 4.33. The fourth-order valence-electron chi connectivity index (χ4n) is 1.38. The Kier molecular flexibility index (Phi) is 2.90. The monoisotopic (exact) mass is 211 g/mol. The van der Waals surface area contributed by atoms with E-state index in [4.69, 9.17) is 12.6 Å². The third kappa shape index (κ3) is 2.48. The molecule has 0 aliphatic carbocycles. The Morgan fingerprint density at radius 2 is 2.62 bits per heavy atom. The summed E-state index contributed by atoms with van der Waals surface area (Å²) in [7, 11) is 0. The third-order valence-corrected chi connectivity index (χ3v) is 3.05. The van der Waals surface area contributed by atoms with Gasteiger partial charge in [0.2, 0.25) is 0 Å². The minimum atomic E-state index is 0.431. The Hall–Kier alpha value is -0.480. The third-order valence-electron chi connectivity index (χ3n) is 2.09. The van der Waals surface area contributed by atoms with Crippen molar-refractivity contribution in [2.75, 3.05) is 13.1 Å². The topological polar surface area (TPSA) is 16.1 Å². The van der Waals surface area contributed by atoms with Gasteiger partial charge in [0.05, 0.1) is 5.69 Å². The van der Waals surface area contributed by atoms with Gasteiger partial charge in [-0.2, -0.15) is 4.37 Å². The fraction of sp³-hybridized carbons (Fsp3) is 0.444. The quantitative estimate of drug-likeness (QED) is 0.746. The van der Waals surface area contributed by atoms with Gasteiger partial charge in [0.25, 0.3) is 0 Å². The second-order valence-electron chi connectivity index (χ2n) is 3.15. The number of aromatic nitrogens is 1. The average Bonchev–Trinajstić information content (AvgIpc) is 2.71. The number of nitrogens with zero attached hydrogens (tertiary/aromatic N) is 2. The van der Waals surface area contributed by atoms with Gasteiger partial charge in [-0.3, -0.25) is 0 Å². The molecule has 0 saturated carbocycles. The molecule has 0 N–H and O–H groups in total. The van der Waals surface area contributed by atoms with Crippen molar-refractivity contribution in [3.63, 3.8) is 0 Å². The van der Waals surface area contributed by atoms with Crippen LogP contribution in [0, 0.1) is 0 Å². The van der Waals surface area contributed by atoms with Crippen LogP contribution in [-0.2, 0) is 0 Å². The molecule has 0 bridgehead atoms. The SMILES string of the molecule is [S]C1CCN(C=Cc2ccsn2)C1. The molecule has 2 nitrogen and oxygen atoms in total. The highest BCUT2D eigenvalue weighted by atomic mass is 32.1. The molecule has 1 radical (unpaired) electrons. The van der Waals surface area contributed by atoms with Crippen molar-refractivity contribution in [2.24, 2.45) is 0 Å². The molecule has 1 saturated heterocycles. The van der Waals surface area contributed by atoms with Crippen LogP contribution in [0.4, 0.5) is 0 Å². The van der Waals surface area contributed by atoms with E-state index < -0.39 is 0 Å². The van der Waals surface area contributed by atoms with E-state index in [1.54, 1.807) is 0 Å². The molecule has 0 spiro atoms. The summed E-state index contributed by atoms with van der Waals surface area (Å²) < 4.78 is 4.20. The Morgan fingerprint density at radius 1 is 1.69 bits per heavy atom. The van der Waals surface area contributed by atoms with E-state index in [2.05, 4.69) is 15.5 Å². The van der Waals surface area contributed by atoms with E-state index in [9.17, 15) is 0 Å². The van der Waals surface area contributed by atoms with Crippen molar-refractivity contribution in [3.05, 3.63) is 23.3 Å². The van der Waals surface area contributed by atoms with Crippen LogP contribution in [0.1, 0.15) is 12.1 Å². The fourth-order valence-corrected chi connectivity index (χ4v) is 2.18. The summed E-state index contributed by atoms with van der Waals surface area (Å²) in [5, 5.41) is 2.42. The molecule has 1 unspecified atom stereocenters. The summed E-state index contributed by atoms with van der Waals surface area (Å²) in [6.45, 7) is 2.10. The van der Waals surface area contributed by atoms with Crippen molar-refractivity contribution >= 4 is 30.2 Å². The number of hydrogen-bond acceptors (Lipinski definition) is 3. The van der Waals surface area contributed by atoms with E-state index in [1.165, 1.54) is 11.5 Å². The average molecular weight is 211 g/mol. The van der Waals surface area contributed by atoms with E-state index >= 15 is 0 Å². The zero-order valence-electron chi connectivity index (χ0n) is 7.22. The minimum Gasteiger partial charge on any atom is -0.376 e. The summed E-state index contributed by atoms with van der Waals surface area (Å²) in [6.07, 6.45) is 5.28. The predicted octanol–water partition coefficient (Wildman–Crippen LogP) is 2.39. The Bertz CT molecular complexity index is 282. The molecule has 1 fully saturated rings. The molecule has 69 valence electrons. The van der Waals surface area contributed by atoms with Crippen molar-refractivity contribution in [1.29, 1.82) is 0 Å². The lowest BCUT2D eigenvalue weighted by atomic mass is 10.4. The Morgan fingerprint density at radius 3 is 3.23 bits per heavy atom. The summed E-state index contributed by atoms with van der Waals surface area (Å²) in [4.78, 5) is 2.26. The number of likely N-dealkylation sites (tertiary alicyclic amines) is 1. The van der Waals surface area contributed by atoms with Crippen LogP contribution >= 0.6 is 24.2 Å². The van der Waals surface area contributed by atoms with Gasteiger partial charge in [0, 0.05) is 29.9 Å². The van der Waals surface area contributed by atoms with E-state index in [0.717, 1.165) is 25.2 Å². The van der Waals surface area contributed by atoms with Gasteiger partial charge in [-0.05, 0) is 30.1 Å². The molecule has 2 heterocycles. The molecule has 0 amide bonds. The van der Waals surface area contributed by atoms with E-state index in [0.29, 0.717) is 5.25 Å². The van der Waals surface area contributed by atoms with Crippen LogP contribution < -0.4 is 0 Å². The zero-order chi connectivity index (χ0) is 9.10. The molecule has 4 heteroatoms. The molecule has 1 aromatic heterocycles. The van der Waals surface area contributed by atoms with Gasteiger partial charge in [-0.1, -0.05) is 12.6 Å². The minimum absolute atomic E-state index is 0.431. The summed E-state index contributed by atoms with van der Waals surface area (Å²) in [5.74, 6) is 0. The van der Waals surface area contributed by atoms with Gasteiger partial charge < -0.3 is 4.90 Å². The lowest BCUT2D eigenvalue weighted by molar-refractivity contribution is 0.472. The summed E-state index contributed by atoms with van der Waals surface area (Å²) in [6, 6.07) is 2.02. The first-order chi connectivity index (χ1) is 6.34. The molecule has 1 atom stereocenters. The predicted molar refractivity (Wildman–Crippen MR) is 58.7 cm³/mol. The van der Waals surface area contributed by atoms with Crippen molar-refractivity contribution in [2.45, 2.75) is 11.7 Å². The largest absolute Gasteiger partial charge is 0.376 e. The summed E-state index contributed by atoms with van der Waals surface area (Å²) in [5.41, 5.74) is 1.04. The van der Waals surface area contributed by atoms with Crippen LogP contribution in [-0.4, -0.2) is 27.6 Å². The van der Waals surface area contributed by atoms with Crippen LogP contribution in [0.25, 0.3) is 6.08 Å². The highest BCUT2D eigenvalue weighted by Gasteiger charge is 2.16. The molecule has 2 rings (SSSR count). The smallest absolute Gasteiger partial charge is 0.0782 e. The lowest BCUT2D eigenvalue weighted by Crippen LogP contribution is -2.12. The molecule has 0 aromatic carbocycles. The standard InChI is InChI=1S/C9H11N2S2/c12-9-2-5-11(7-9)4-1-8-3-6-13-10-8/h1,3-4,6,9H,2,5,7H2. The van der Waals surface area contributed by atoms with Gasteiger partial charge >= 0.3 is 0 Å². The van der Waals surface area contributed by atoms with Crippen molar-refractivity contribution in [1.82, 2.24) is 9.27 Å². The van der Waals surface area contributed by atoms with Crippen LogP contribution in [0.5, 0.6) is 0 Å². The first-order valence-corrected chi connectivity index (χ1v) is 5.64.